The summed E-state index contributed by atoms with van der Waals surface area (Å²) in [6.45, 7) is -0.303. The Bertz CT molecular complexity index is 570. The lowest BCUT2D eigenvalue weighted by molar-refractivity contribution is 0.281. The van der Waals surface area contributed by atoms with Crippen molar-refractivity contribution < 1.29 is 23.0 Å². The first-order valence-corrected chi connectivity index (χ1v) is 5.12. The zero-order valence-electron chi connectivity index (χ0n) is 9.16. The summed E-state index contributed by atoms with van der Waals surface area (Å²) >= 11 is 0. The molecule has 0 aliphatic heterocycles. The minimum Gasteiger partial charge on any atom is -0.451 e. The summed E-state index contributed by atoms with van der Waals surface area (Å²) in [7, 11) is 0. The van der Waals surface area contributed by atoms with E-state index in [0.29, 0.717) is 11.6 Å². The van der Waals surface area contributed by atoms with Crippen LogP contribution >= 0.6 is 0 Å². The first-order chi connectivity index (χ1) is 8.60. The van der Waals surface area contributed by atoms with Crippen LogP contribution in [0.5, 0.6) is 11.5 Å². The van der Waals surface area contributed by atoms with Crippen molar-refractivity contribution in [3.63, 3.8) is 0 Å². The second kappa shape index (κ2) is 5.10. The maximum absolute atomic E-state index is 13.5. The first-order valence-electron chi connectivity index (χ1n) is 5.12. The van der Waals surface area contributed by atoms with Crippen LogP contribution in [0.2, 0.25) is 0 Å². The Morgan fingerprint density at radius 3 is 2.06 bits per heavy atom. The number of halogens is 3. The number of ether oxygens (including phenoxy) is 1. The molecule has 0 spiro atoms. The fourth-order valence-electron chi connectivity index (χ4n) is 1.40. The third-order valence-electron chi connectivity index (χ3n) is 2.29. The van der Waals surface area contributed by atoms with Crippen LogP contribution in [-0.2, 0) is 6.61 Å². The SMILES string of the molecule is OCc1ccc(Oc2ccc(F)cc2F)c(F)c1. The Hall–Kier alpha value is -2.01. The second-order valence-electron chi connectivity index (χ2n) is 3.60. The van der Waals surface area contributed by atoms with Gasteiger partial charge in [0.15, 0.2) is 23.1 Å². The van der Waals surface area contributed by atoms with E-state index in [9.17, 15) is 13.2 Å². The third kappa shape index (κ3) is 2.62. The largest absolute Gasteiger partial charge is 0.451 e. The van der Waals surface area contributed by atoms with Crippen molar-refractivity contribution in [1.82, 2.24) is 0 Å². The molecule has 0 amide bonds. The normalized spacial score (nSPS) is 10.4. The maximum Gasteiger partial charge on any atom is 0.168 e. The minimum absolute atomic E-state index is 0.197. The molecule has 0 saturated carbocycles. The molecule has 0 radical (unpaired) electrons. The van der Waals surface area contributed by atoms with Crippen LogP contribution in [0.15, 0.2) is 36.4 Å². The molecule has 0 aromatic heterocycles. The van der Waals surface area contributed by atoms with Crippen molar-refractivity contribution in [1.29, 1.82) is 0 Å². The maximum atomic E-state index is 13.5. The van der Waals surface area contributed by atoms with Gasteiger partial charge in [0.05, 0.1) is 6.61 Å². The molecule has 0 fully saturated rings. The molecule has 0 aliphatic carbocycles. The summed E-state index contributed by atoms with van der Waals surface area (Å²) in [5.41, 5.74) is 0.374. The average molecular weight is 254 g/mol. The molecule has 0 saturated heterocycles. The lowest BCUT2D eigenvalue weighted by Gasteiger charge is -2.08. The Morgan fingerprint density at radius 1 is 0.889 bits per heavy atom. The van der Waals surface area contributed by atoms with Gasteiger partial charge in [-0.2, -0.15) is 0 Å². The summed E-state index contributed by atoms with van der Waals surface area (Å²) in [4.78, 5) is 0. The molecule has 1 N–H and O–H groups in total. The van der Waals surface area contributed by atoms with E-state index < -0.39 is 17.5 Å². The molecular weight excluding hydrogens is 245 g/mol. The molecule has 2 aromatic carbocycles. The van der Waals surface area contributed by atoms with E-state index in [1.54, 1.807) is 0 Å². The molecule has 0 heterocycles. The number of aliphatic hydroxyl groups excluding tert-OH is 1. The zero-order chi connectivity index (χ0) is 13.1. The molecule has 18 heavy (non-hydrogen) atoms. The Kier molecular flexibility index (Phi) is 3.53. The predicted molar refractivity (Wildman–Crippen MR) is 58.8 cm³/mol. The van der Waals surface area contributed by atoms with E-state index in [2.05, 4.69) is 0 Å². The van der Waals surface area contributed by atoms with Gasteiger partial charge in [-0.1, -0.05) is 6.07 Å². The van der Waals surface area contributed by atoms with Gasteiger partial charge in [-0.05, 0) is 29.8 Å². The second-order valence-corrected chi connectivity index (χ2v) is 3.60. The van der Waals surface area contributed by atoms with Crippen LogP contribution in [0, 0.1) is 17.5 Å². The Balaban J connectivity index is 2.28. The number of benzene rings is 2. The molecule has 0 aliphatic rings. The molecular formula is C13H9F3O2. The van der Waals surface area contributed by atoms with E-state index in [1.165, 1.54) is 12.1 Å². The van der Waals surface area contributed by atoms with Crippen LogP contribution in [0.25, 0.3) is 0 Å². The zero-order valence-corrected chi connectivity index (χ0v) is 9.16. The highest BCUT2D eigenvalue weighted by molar-refractivity contribution is 5.35. The molecule has 94 valence electrons. The summed E-state index contributed by atoms with van der Waals surface area (Å²) in [6, 6.07) is 6.53. The van der Waals surface area contributed by atoms with Crippen LogP contribution in [-0.4, -0.2) is 5.11 Å². The number of hydrogen-bond donors (Lipinski definition) is 1. The molecule has 5 heteroatoms. The fraction of sp³-hybridized carbons (Fsp3) is 0.0769. The van der Waals surface area contributed by atoms with E-state index in [0.717, 1.165) is 18.2 Å². The molecule has 0 atom stereocenters. The van der Waals surface area contributed by atoms with Crippen molar-refractivity contribution >= 4 is 0 Å². The van der Waals surface area contributed by atoms with Gasteiger partial charge in [0.25, 0.3) is 0 Å². The third-order valence-corrected chi connectivity index (χ3v) is 2.29. The van der Waals surface area contributed by atoms with E-state index in [1.807, 2.05) is 0 Å². The highest BCUT2D eigenvalue weighted by Gasteiger charge is 2.10. The van der Waals surface area contributed by atoms with Crippen LogP contribution in [0.4, 0.5) is 13.2 Å². The minimum atomic E-state index is -0.916. The van der Waals surface area contributed by atoms with Gasteiger partial charge in [-0.15, -0.1) is 0 Å². The van der Waals surface area contributed by atoms with Crippen molar-refractivity contribution in [3.05, 3.63) is 59.4 Å². The Labute approximate surface area is 101 Å². The van der Waals surface area contributed by atoms with Crippen LogP contribution in [0.3, 0.4) is 0 Å². The summed E-state index contributed by atoms with van der Waals surface area (Å²) in [5.74, 6) is -2.85. The highest BCUT2D eigenvalue weighted by Crippen LogP contribution is 2.27. The lowest BCUT2D eigenvalue weighted by Crippen LogP contribution is -1.93. The predicted octanol–water partition coefficient (Wildman–Crippen LogP) is 3.39. The Morgan fingerprint density at radius 2 is 1.50 bits per heavy atom. The van der Waals surface area contributed by atoms with E-state index >= 15 is 0 Å². The van der Waals surface area contributed by atoms with Gasteiger partial charge in [-0.3, -0.25) is 0 Å². The van der Waals surface area contributed by atoms with Gasteiger partial charge in [-0.25, -0.2) is 13.2 Å². The fourth-order valence-corrected chi connectivity index (χ4v) is 1.40. The molecule has 2 rings (SSSR count). The van der Waals surface area contributed by atoms with E-state index in [-0.39, 0.29) is 18.1 Å². The molecule has 0 unspecified atom stereocenters. The van der Waals surface area contributed by atoms with Crippen molar-refractivity contribution in [2.24, 2.45) is 0 Å². The van der Waals surface area contributed by atoms with Crippen LogP contribution < -0.4 is 4.74 Å². The molecule has 0 bridgehead atoms. The molecule has 2 aromatic rings. The van der Waals surface area contributed by atoms with Crippen molar-refractivity contribution in [3.8, 4) is 11.5 Å². The highest BCUT2D eigenvalue weighted by atomic mass is 19.1. The monoisotopic (exact) mass is 254 g/mol. The number of rotatable bonds is 3. The van der Waals surface area contributed by atoms with Gasteiger partial charge in [0.1, 0.15) is 5.82 Å². The van der Waals surface area contributed by atoms with Crippen molar-refractivity contribution in [2.75, 3.05) is 0 Å². The quantitative estimate of drug-likeness (QED) is 0.909. The molecule has 2 nitrogen and oxygen atoms in total. The summed E-state index contributed by atoms with van der Waals surface area (Å²) < 4.78 is 44.4. The standard InChI is InChI=1S/C13H9F3O2/c14-9-2-4-13(11(16)6-9)18-12-3-1-8(7-17)5-10(12)15/h1-6,17H,7H2. The average Bonchev–Trinajstić information content (AvgIpc) is 2.34. The van der Waals surface area contributed by atoms with Crippen LogP contribution in [0.1, 0.15) is 5.56 Å². The van der Waals surface area contributed by atoms with Gasteiger partial charge in [0.2, 0.25) is 0 Å². The van der Waals surface area contributed by atoms with Gasteiger partial charge in [0, 0.05) is 6.07 Å². The first kappa shape index (κ1) is 12.4. The smallest absolute Gasteiger partial charge is 0.168 e. The number of aliphatic hydroxyl groups is 1. The lowest BCUT2D eigenvalue weighted by atomic mass is 10.2. The van der Waals surface area contributed by atoms with Gasteiger partial charge < -0.3 is 9.84 Å². The summed E-state index contributed by atoms with van der Waals surface area (Å²) in [6.07, 6.45) is 0. The van der Waals surface area contributed by atoms with Gasteiger partial charge >= 0.3 is 0 Å². The number of hydrogen-bond acceptors (Lipinski definition) is 2. The van der Waals surface area contributed by atoms with E-state index in [4.69, 9.17) is 9.84 Å². The summed E-state index contributed by atoms with van der Waals surface area (Å²) in [5, 5.41) is 8.81. The van der Waals surface area contributed by atoms with Crippen molar-refractivity contribution in [2.45, 2.75) is 6.61 Å². The topological polar surface area (TPSA) is 29.5 Å².